The summed E-state index contributed by atoms with van der Waals surface area (Å²) in [5.41, 5.74) is 10.6. The van der Waals surface area contributed by atoms with Gasteiger partial charge in [0.15, 0.2) is 0 Å². The number of allylic oxidation sites excluding steroid dienone is 4. The summed E-state index contributed by atoms with van der Waals surface area (Å²) in [6, 6.07) is 50.3. The second-order valence-electron chi connectivity index (χ2n) is 17.4. The first-order chi connectivity index (χ1) is 33.1. The van der Waals surface area contributed by atoms with Crippen molar-refractivity contribution in [1.82, 2.24) is 14.4 Å². The molecule has 6 aromatic carbocycles. The third-order valence-corrected chi connectivity index (χ3v) is 12.3. The number of para-hydroxylation sites is 3. The van der Waals surface area contributed by atoms with Crippen LogP contribution >= 0.6 is 0 Å². The predicted molar refractivity (Wildman–Crippen MR) is 263 cm³/mol. The van der Waals surface area contributed by atoms with Crippen molar-refractivity contribution < 1.29 is 13.0 Å². The maximum absolute atomic E-state index is 8.20. The number of pyridine rings is 1. The first-order valence-corrected chi connectivity index (χ1v) is 21.3. The Hall–Kier alpha value is -7.51. The Kier molecular flexibility index (Phi) is 7.75. The average molecular weight is 824 g/mol. The van der Waals surface area contributed by atoms with Crippen molar-refractivity contribution >= 4 is 56.9 Å². The molecule has 0 bridgehead atoms. The molecule has 63 heavy (non-hydrogen) atoms. The molecule has 5 heterocycles. The lowest BCUT2D eigenvalue weighted by Crippen LogP contribution is -2.44. The normalized spacial score (nSPS) is 16.6. The Bertz CT molecular complexity index is 3420. The zero-order valence-corrected chi connectivity index (χ0v) is 35.3. The van der Waals surface area contributed by atoms with Crippen LogP contribution in [0.4, 0.5) is 17.1 Å². The van der Waals surface area contributed by atoms with Gasteiger partial charge in [-0.3, -0.25) is 4.57 Å². The summed E-state index contributed by atoms with van der Waals surface area (Å²) in [4.78, 5) is 11.6. The Labute approximate surface area is 378 Å². The fourth-order valence-corrected chi connectivity index (χ4v) is 9.25. The van der Waals surface area contributed by atoms with Crippen LogP contribution in [0.2, 0.25) is 0 Å². The molecule has 0 saturated heterocycles. The van der Waals surface area contributed by atoms with Crippen LogP contribution in [0.5, 0.6) is 11.5 Å². The number of rotatable bonds is 7. The third-order valence-electron chi connectivity index (χ3n) is 12.3. The fraction of sp³-hybridized carbons (Fsp3) is 0.125. The summed E-state index contributed by atoms with van der Waals surface area (Å²) < 4.78 is 58.2. The lowest BCUT2D eigenvalue weighted by Gasteiger charge is -2.37. The number of nitrogens with zero attached hydrogens (tertiary/aromatic N) is 5. The van der Waals surface area contributed by atoms with E-state index in [4.69, 9.17) is 17.9 Å². The van der Waals surface area contributed by atoms with Gasteiger partial charge in [0.2, 0.25) is 0 Å². The monoisotopic (exact) mass is 823 g/mol. The molecule has 0 spiro atoms. The number of hydrogen-bond donors (Lipinski definition) is 0. The summed E-state index contributed by atoms with van der Waals surface area (Å²) in [6.45, 7) is 1.81. The molecular formula is C56H48BN5O. The zero-order chi connectivity index (χ0) is 47.8. The van der Waals surface area contributed by atoms with E-state index in [1.54, 1.807) is 12.1 Å². The van der Waals surface area contributed by atoms with Crippen molar-refractivity contribution in [3.05, 3.63) is 222 Å². The highest BCUT2D eigenvalue weighted by atomic mass is 16.5. The highest BCUT2D eigenvalue weighted by Gasteiger charge is 2.39. The zero-order valence-electron chi connectivity index (χ0n) is 41.3. The summed E-state index contributed by atoms with van der Waals surface area (Å²) >= 11 is 0. The van der Waals surface area contributed by atoms with E-state index in [-0.39, 0.29) is 23.4 Å². The van der Waals surface area contributed by atoms with E-state index in [1.165, 1.54) is 11.6 Å². The molecule has 306 valence electrons. The van der Waals surface area contributed by atoms with Gasteiger partial charge >= 0.3 is 6.85 Å². The average Bonchev–Trinajstić information content (AvgIpc) is 3.89. The van der Waals surface area contributed by atoms with Crippen molar-refractivity contribution in [3.63, 3.8) is 0 Å². The molecule has 0 fully saturated rings. The molecule has 6 nitrogen and oxygen atoms in total. The highest BCUT2D eigenvalue weighted by Crippen LogP contribution is 2.47. The van der Waals surface area contributed by atoms with Crippen LogP contribution in [-0.4, -0.2) is 27.9 Å². The molecule has 0 saturated carbocycles. The van der Waals surface area contributed by atoms with Crippen LogP contribution in [0.15, 0.2) is 194 Å². The molecule has 2 aromatic heterocycles. The quantitative estimate of drug-likeness (QED) is 0.150. The topological polar surface area (TPSA) is 36.8 Å². The molecular weight excluding hydrogens is 769 g/mol. The van der Waals surface area contributed by atoms with Gasteiger partial charge in [0.05, 0.1) is 29.1 Å². The van der Waals surface area contributed by atoms with E-state index in [0.717, 1.165) is 67.0 Å². The van der Waals surface area contributed by atoms with Gasteiger partial charge in [-0.15, -0.1) is 0 Å². The van der Waals surface area contributed by atoms with Crippen molar-refractivity contribution in [2.45, 2.75) is 39.9 Å². The number of hydrogen-bond acceptors (Lipinski definition) is 5. The van der Waals surface area contributed by atoms with Crippen LogP contribution in [0.1, 0.15) is 56.8 Å². The second kappa shape index (κ2) is 15.1. The minimum atomic E-state index is -2.49. The standard InChI is InChI=1S/C56H48BN5O/c1-38-30-39(2)32-42(31-38)41-25-28-59-29-26-47(40-14-7-6-8-15-40)55(57(59)36-41)61-37-60(51-20-11-12-21-52(51)61)44-16-13-17-45(34-44)63-46-22-23-49-48-18-9-10-19-50(48)62(53(49)35-46)54-33-43(24-27-58-54)56(3,4)5/h6-36H,37H2,1-5H3/i1D3,2D3. The molecule has 0 amide bonds. The SMILES string of the molecule is [2H]C([2H])([2H])c1cc(C2=CB3C(N4CN(c5cccc(Oc6ccc7c8ccccc8n(-c8cc(C(C)(C)C)ccn8)c7c6)c5)c5ccccc54)=C(c4ccccc4)C=CN3C=C2)cc(C([2H])([2H])[2H])c1. The third kappa shape index (κ3) is 6.90. The van der Waals surface area contributed by atoms with Gasteiger partial charge in [-0.05, 0) is 126 Å². The van der Waals surface area contributed by atoms with E-state index < -0.39 is 13.7 Å². The molecule has 0 atom stereocenters. The summed E-state index contributed by atoms with van der Waals surface area (Å²) in [5, 5.41) is 2.26. The fourth-order valence-electron chi connectivity index (χ4n) is 9.25. The predicted octanol–water partition coefficient (Wildman–Crippen LogP) is 13.7. The highest BCUT2D eigenvalue weighted by molar-refractivity contribution is 6.73. The van der Waals surface area contributed by atoms with E-state index in [1.807, 2.05) is 54.9 Å². The number of anilines is 3. The minimum absolute atomic E-state index is 0.00892. The van der Waals surface area contributed by atoms with Gasteiger partial charge in [-0.25, -0.2) is 4.98 Å². The van der Waals surface area contributed by atoms with Crippen LogP contribution in [0.25, 0.3) is 38.8 Å². The van der Waals surface area contributed by atoms with Gasteiger partial charge < -0.3 is 19.3 Å². The van der Waals surface area contributed by atoms with Crippen molar-refractivity contribution in [2.24, 2.45) is 0 Å². The number of aryl methyl sites for hydroxylation is 2. The molecule has 0 unspecified atom stereocenters. The smallest absolute Gasteiger partial charge is 0.338 e. The van der Waals surface area contributed by atoms with E-state index in [0.29, 0.717) is 23.7 Å². The maximum atomic E-state index is 8.20. The molecule has 3 aliphatic rings. The van der Waals surface area contributed by atoms with Crippen molar-refractivity contribution in [1.29, 1.82) is 0 Å². The molecule has 8 aromatic rings. The summed E-state index contributed by atoms with van der Waals surface area (Å²) in [7, 11) is 0. The minimum Gasteiger partial charge on any atom is -0.457 e. The molecule has 7 heteroatoms. The number of fused-ring (bicyclic) bond motifs is 5. The second-order valence-corrected chi connectivity index (χ2v) is 17.4. The first kappa shape index (κ1) is 32.2. The van der Waals surface area contributed by atoms with Crippen LogP contribution in [0.3, 0.4) is 0 Å². The molecule has 0 aliphatic carbocycles. The lowest BCUT2D eigenvalue weighted by molar-refractivity contribution is 0.483. The van der Waals surface area contributed by atoms with Gasteiger partial charge in [-0.2, -0.15) is 0 Å². The van der Waals surface area contributed by atoms with Gasteiger partial charge in [0, 0.05) is 48.6 Å². The number of ether oxygens (including phenoxy) is 1. The molecule has 11 rings (SSSR count). The van der Waals surface area contributed by atoms with E-state index >= 15 is 0 Å². The van der Waals surface area contributed by atoms with E-state index in [9.17, 15) is 0 Å². The first-order valence-electron chi connectivity index (χ1n) is 24.3. The van der Waals surface area contributed by atoms with Gasteiger partial charge in [0.1, 0.15) is 17.3 Å². The van der Waals surface area contributed by atoms with Crippen LogP contribution in [0, 0.1) is 13.7 Å². The Morgan fingerprint density at radius 1 is 0.635 bits per heavy atom. The van der Waals surface area contributed by atoms with Gasteiger partial charge in [-0.1, -0.05) is 123 Å². The Morgan fingerprint density at radius 2 is 1.37 bits per heavy atom. The number of benzene rings is 6. The summed E-state index contributed by atoms with van der Waals surface area (Å²) in [6.07, 6.45) is 9.99. The van der Waals surface area contributed by atoms with Crippen LogP contribution < -0.4 is 14.5 Å². The molecule has 0 radical (unpaired) electrons. The molecule has 3 aliphatic heterocycles. The Morgan fingerprint density at radius 3 is 2.17 bits per heavy atom. The maximum Gasteiger partial charge on any atom is 0.338 e. The number of aromatic nitrogens is 2. The van der Waals surface area contributed by atoms with Crippen molar-refractivity contribution in [3.8, 4) is 17.3 Å². The molecule has 0 N–H and O–H groups in total. The largest absolute Gasteiger partial charge is 0.457 e. The lowest BCUT2D eigenvalue weighted by atomic mass is 9.51. The van der Waals surface area contributed by atoms with Crippen LogP contribution in [-0.2, 0) is 5.41 Å². The van der Waals surface area contributed by atoms with Crippen molar-refractivity contribution in [2.75, 3.05) is 16.5 Å². The van der Waals surface area contributed by atoms with Gasteiger partial charge in [0.25, 0.3) is 0 Å². The van der Waals surface area contributed by atoms with E-state index in [2.05, 4.69) is 155 Å². The summed E-state index contributed by atoms with van der Waals surface area (Å²) in [5.74, 6) is 4.36. The Balaban J connectivity index is 0.970.